The molecule has 3 aromatic carbocycles. The van der Waals surface area contributed by atoms with Gasteiger partial charge < -0.3 is 29.4 Å². The van der Waals surface area contributed by atoms with E-state index in [0.29, 0.717) is 53.3 Å². The van der Waals surface area contributed by atoms with E-state index in [9.17, 15) is 29.8 Å². The number of aryl methyl sites for hydroxylation is 1. The van der Waals surface area contributed by atoms with E-state index in [2.05, 4.69) is 26.7 Å². The van der Waals surface area contributed by atoms with Crippen molar-refractivity contribution in [1.29, 1.82) is 0 Å². The van der Waals surface area contributed by atoms with Crippen LogP contribution in [0.4, 0.5) is 4.79 Å². The number of rotatable bonds is 20. The van der Waals surface area contributed by atoms with Crippen LogP contribution < -0.4 is 11.6 Å². The molecule has 4 aromatic rings. The first-order valence-corrected chi connectivity index (χ1v) is 17.1. The van der Waals surface area contributed by atoms with E-state index in [1.165, 1.54) is 12.1 Å². The number of unbranched alkanes of at least 4 members (excludes halogenated alkanes) is 2. The molecule has 0 aliphatic heterocycles. The zero-order valence-electron chi connectivity index (χ0n) is 29.3. The number of amides is 1. The molecule has 0 aliphatic rings. The van der Waals surface area contributed by atoms with Crippen LogP contribution in [0.15, 0.2) is 77.9 Å². The number of carbonyl (C=O) groups is 2. The second kappa shape index (κ2) is 20.1. The SMILES string of the molecule is CCCCc1nc(Cl)c(COC(=O)c2cccc(CO[N+](=O)[O-])c2)n1Cc1ccc(-c2ccccc2/C(N)=N/N(N)C(=O)OCCCCO[N+](=O)[O-])cc1. The van der Waals surface area contributed by atoms with Gasteiger partial charge in [-0.1, -0.05) is 85.6 Å². The van der Waals surface area contributed by atoms with E-state index in [0.717, 1.165) is 29.8 Å². The lowest BCUT2D eigenvalue weighted by atomic mass is 9.98. The number of carbonyl (C=O) groups excluding carboxylic acids is 2. The van der Waals surface area contributed by atoms with Gasteiger partial charge in [-0.3, -0.25) is 0 Å². The third kappa shape index (κ3) is 11.9. The standard InChI is InChI=1S/C35H39ClN8O10/c1-2-3-13-31-39-32(36)30(23-52-34(45)27-10-8-9-25(20-27)22-54-44(49)50)41(31)21-24-14-16-26(17-15-24)28-11-4-5-12-29(28)33(37)40-42(38)35(46)51-18-6-7-19-53-43(47)48/h4-5,8-12,14-17,20H,2-3,6-7,13,18-19,21-23,38H2,1H3,(H2,37,40). The topological polar surface area (TPSA) is 243 Å². The van der Waals surface area contributed by atoms with Gasteiger partial charge in [0.1, 0.15) is 19.0 Å². The predicted molar refractivity (Wildman–Crippen MR) is 194 cm³/mol. The van der Waals surface area contributed by atoms with E-state index in [1.807, 2.05) is 41.0 Å². The highest BCUT2D eigenvalue weighted by molar-refractivity contribution is 6.30. The maximum absolute atomic E-state index is 13.0. The first kappa shape index (κ1) is 40.5. The zero-order chi connectivity index (χ0) is 39.0. The molecule has 0 fully saturated rings. The highest BCUT2D eigenvalue weighted by atomic mass is 35.5. The summed E-state index contributed by atoms with van der Waals surface area (Å²) in [5.41, 5.74) is 10.3. The number of hydrogen-bond donors (Lipinski definition) is 2. The van der Waals surface area contributed by atoms with Gasteiger partial charge in [-0.05, 0) is 53.6 Å². The fourth-order valence-electron chi connectivity index (χ4n) is 5.20. The first-order chi connectivity index (χ1) is 26.0. The zero-order valence-corrected chi connectivity index (χ0v) is 30.1. The van der Waals surface area contributed by atoms with Gasteiger partial charge in [-0.2, -0.15) is 0 Å². The van der Waals surface area contributed by atoms with Crippen molar-refractivity contribution in [2.45, 2.75) is 58.8 Å². The Labute approximate surface area is 314 Å². The summed E-state index contributed by atoms with van der Waals surface area (Å²) in [6.07, 6.45) is 2.10. The fourth-order valence-corrected chi connectivity index (χ4v) is 5.45. The maximum Gasteiger partial charge on any atom is 0.445 e. The molecule has 1 heterocycles. The van der Waals surface area contributed by atoms with Crippen molar-refractivity contribution in [2.75, 3.05) is 13.2 Å². The van der Waals surface area contributed by atoms with Crippen LogP contribution in [0.25, 0.3) is 11.1 Å². The number of aromatic nitrogens is 2. The van der Waals surface area contributed by atoms with Crippen molar-refractivity contribution in [3.05, 3.63) is 132 Å². The van der Waals surface area contributed by atoms with Crippen LogP contribution in [0.1, 0.15) is 71.2 Å². The number of esters is 1. The molecule has 1 aromatic heterocycles. The van der Waals surface area contributed by atoms with Crippen LogP contribution in [0.5, 0.6) is 0 Å². The molecule has 0 saturated carbocycles. The average Bonchev–Trinajstić information content (AvgIpc) is 3.46. The van der Waals surface area contributed by atoms with Gasteiger partial charge in [0, 0.05) is 18.5 Å². The summed E-state index contributed by atoms with van der Waals surface area (Å²) in [5.74, 6) is 5.82. The molecule has 0 spiro atoms. The predicted octanol–water partition coefficient (Wildman–Crippen LogP) is 5.58. The lowest BCUT2D eigenvalue weighted by Gasteiger charge is -2.15. The number of hydrazone groups is 1. The largest absolute Gasteiger partial charge is 0.456 e. The first-order valence-electron chi connectivity index (χ1n) is 16.8. The Morgan fingerprint density at radius 1 is 0.907 bits per heavy atom. The van der Waals surface area contributed by atoms with Crippen molar-refractivity contribution in [3.8, 4) is 11.1 Å². The smallest absolute Gasteiger partial charge is 0.445 e. The molecule has 0 aliphatic carbocycles. The number of nitrogens with two attached hydrogens (primary N) is 2. The third-order valence-electron chi connectivity index (χ3n) is 7.87. The highest BCUT2D eigenvalue weighted by Gasteiger charge is 2.19. The number of benzene rings is 3. The number of amidine groups is 1. The fraction of sp³-hybridized carbons (Fsp3) is 0.314. The molecule has 4 rings (SSSR count). The van der Waals surface area contributed by atoms with Crippen molar-refractivity contribution in [2.24, 2.45) is 16.7 Å². The van der Waals surface area contributed by atoms with E-state index in [1.54, 1.807) is 24.3 Å². The quantitative estimate of drug-likeness (QED) is 0.0163. The van der Waals surface area contributed by atoms with Crippen LogP contribution >= 0.6 is 11.6 Å². The molecule has 0 radical (unpaired) electrons. The summed E-state index contributed by atoms with van der Waals surface area (Å²) in [6.45, 7) is 1.79. The van der Waals surface area contributed by atoms with Crippen LogP contribution in [-0.2, 0) is 45.3 Å². The number of nitrogens with zero attached hydrogens (tertiary/aromatic N) is 6. The van der Waals surface area contributed by atoms with E-state index in [4.69, 9.17) is 32.7 Å². The van der Waals surface area contributed by atoms with Gasteiger partial charge in [-0.15, -0.1) is 30.4 Å². The second-order valence-corrected chi connectivity index (χ2v) is 12.0. The number of halogens is 1. The van der Waals surface area contributed by atoms with Gasteiger partial charge in [0.05, 0.1) is 24.5 Å². The summed E-state index contributed by atoms with van der Waals surface area (Å²) >= 11 is 6.59. The molecule has 1 amide bonds. The van der Waals surface area contributed by atoms with Crippen molar-refractivity contribution in [1.82, 2.24) is 14.7 Å². The molecule has 286 valence electrons. The monoisotopic (exact) mass is 766 g/mol. The van der Waals surface area contributed by atoms with Crippen molar-refractivity contribution < 1.29 is 38.9 Å². The minimum atomic E-state index is -0.962. The number of hydrazine groups is 1. The number of ether oxygens (including phenoxy) is 2. The maximum atomic E-state index is 13.0. The molecule has 0 saturated heterocycles. The molecule has 19 heteroatoms. The minimum Gasteiger partial charge on any atom is -0.456 e. The third-order valence-corrected chi connectivity index (χ3v) is 8.17. The number of imidazole rings is 1. The van der Waals surface area contributed by atoms with Crippen LogP contribution in [0.2, 0.25) is 5.15 Å². The summed E-state index contributed by atoms with van der Waals surface area (Å²) in [5, 5.41) is 23.7. The minimum absolute atomic E-state index is 0.0436. The molecule has 0 atom stereocenters. The Morgan fingerprint density at radius 3 is 2.35 bits per heavy atom. The lowest BCUT2D eigenvalue weighted by Crippen LogP contribution is -2.36. The van der Waals surface area contributed by atoms with Gasteiger partial charge in [-0.25, -0.2) is 20.4 Å². The lowest BCUT2D eigenvalue weighted by molar-refractivity contribution is -0.763. The highest BCUT2D eigenvalue weighted by Crippen LogP contribution is 2.26. The van der Waals surface area contributed by atoms with Gasteiger partial charge >= 0.3 is 12.1 Å². The second-order valence-electron chi connectivity index (χ2n) is 11.7. The summed E-state index contributed by atoms with van der Waals surface area (Å²) in [6, 6.07) is 21.0. The van der Waals surface area contributed by atoms with Crippen molar-refractivity contribution >= 4 is 29.5 Å². The molecule has 0 unspecified atom stereocenters. The molecule has 4 N–H and O–H groups in total. The summed E-state index contributed by atoms with van der Waals surface area (Å²) in [4.78, 5) is 59.2. The summed E-state index contributed by atoms with van der Waals surface area (Å²) in [7, 11) is 0. The molecule has 54 heavy (non-hydrogen) atoms. The van der Waals surface area contributed by atoms with Gasteiger partial charge in [0.25, 0.3) is 10.2 Å². The summed E-state index contributed by atoms with van der Waals surface area (Å²) < 4.78 is 12.6. The van der Waals surface area contributed by atoms with E-state index in [-0.39, 0.29) is 43.0 Å². The number of hydrogen-bond acceptors (Lipinski definition) is 13. The Hall–Kier alpha value is -6.27. The van der Waals surface area contributed by atoms with Crippen molar-refractivity contribution in [3.63, 3.8) is 0 Å². The normalized spacial score (nSPS) is 11.1. The Bertz CT molecular complexity index is 1950. The molecular weight excluding hydrogens is 728 g/mol. The molecule has 18 nitrogen and oxygen atoms in total. The Morgan fingerprint density at radius 2 is 1.63 bits per heavy atom. The molecule has 0 bridgehead atoms. The van der Waals surface area contributed by atoms with Gasteiger partial charge in [0.15, 0.2) is 11.0 Å². The van der Waals surface area contributed by atoms with E-state index >= 15 is 0 Å². The van der Waals surface area contributed by atoms with E-state index < -0.39 is 22.2 Å². The van der Waals surface area contributed by atoms with Crippen LogP contribution in [0.3, 0.4) is 0 Å². The van der Waals surface area contributed by atoms with Crippen LogP contribution in [-0.4, -0.2) is 56.0 Å². The Kier molecular flexibility index (Phi) is 15.1. The van der Waals surface area contributed by atoms with Crippen LogP contribution in [0, 0.1) is 20.2 Å². The average molecular weight is 767 g/mol. The Balaban J connectivity index is 1.46. The molecular formula is C35H39ClN8O10. The van der Waals surface area contributed by atoms with Gasteiger partial charge in [0.2, 0.25) is 0 Å².